The molecule has 0 saturated heterocycles. The molecule has 0 rings (SSSR count). The van der Waals surface area contributed by atoms with E-state index in [0.717, 1.165) is 0 Å². The highest BCUT2D eigenvalue weighted by Gasteiger charge is 2.08. The van der Waals surface area contributed by atoms with Crippen molar-refractivity contribution >= 4 is 5.91 Å². The second-order valence-corrected chi connectivity index (χ2v) is 3.91. The van der Waals surface area contributed by atoms with Crippen LogP contribution in [-0.2, 0) is 4.79 Å². The quantitative estimate of drug-likeness (QED) is 0.556. The fraction of sp³-hybridized carbons (Fsp3) is 0.900. The second-order valence-electron chi connectivity index (χ2n) is 3.91. The van der Waals surface area contributed by atoms with Gasteiger partial charge in [-0.1, -0.05) is 13.8 Å². The van der Waals surface area contributed by atoms with E-state index in [9.17, 15) is 9.90 Å². The monoisotopic (exact) mass is 203 g/mol. The number of hydrogen-bond acceptors (Lipinski definition) is 3. The average Bonchev–Trinajstić information content (AvgIpc) is 2.10. The lowest BCUT2D eigenvalue weighted by molar-refractivity contribution is -0.121. The first-order valence-corrected chi connectivity index (χ1v) is 5.12. The summed E-state index contributed by atoms with van der Waals surface area (Å²) in [5.74, 6) is 0.321. The summed E-state index contributed by atoms with van der Waals surface area (Å²) in [7, 11) is 0. The molecule has 0 saturated carbocycles. The van der Waals surface area contributed by atoms with Gasteiger partial charge in [-0.3, -0.25) is 4.79 Å². The Morgan fingerprint density at radius 1 is 1.43 bits per heavy atom. The Balaban J connectivity index is 3.45. The van der Waals surface area contributed by atoms with Gasteiger partial charge in [-0.2, -0.15) is 0 Å². The molecule has 0 spiro atoms. The van der Waals surface area contributed by atoms with Gasteiger partial charge in [0, 0.05) is 19.6 Å². The molecule has 14 heavy (non-hydrogen) atoms. The maximum Gasteiger partial charge on any atom is 0.220 e. The summed E-state index contributed by atoms with van der Waals surface area (Å²) < 4.78 is 0. The van der Waals surface area contributed by atoms with E-state index in [1.807, 2.05) is 13.8 Å². The Morgan fingerprint density at radius 2 is 2.07 bits per heavy atom. The van der Waals surface area contributed by atoms with E-state index < -0.39 is 6.10 Å². The van der Waals surface area contributed by atoms with Crippen molar-refractivity contribution in [2.45, 2.75) is 39.2 Å². The number of carbonyl (C=O) groups is 1. The SMILES string of the molecule is CC(C)CC(O)CNC(=O)CCCO. The molecule has 0 aromatic heterocycles. The molecular formula is C10H21NO3. The third-order valence-electron chi connectivity index (χ3n) is 1.84. The summed E-state index contributed by atoms with van der Waals surface area (Å²) >= 11 is 0. The van der Waals surface area contributed by atoms with Gasteiger partial charge < -0.3 is 15.5 Å². The minimum absolute atomic E-state index is 0.0297. The van der Waals surface area contributed by atoms with Crippen molar-refractivity contribution in [3.63, 3.8) is 0 Å². The standard InChI is InChI=1S/C10H21NO3/c1-8(2)6-9(13)7-11-10(14)4-3-5-12/h8-9,12-13H,3-7H2,1-2H3,(H,11,14). The van der Waals surface area contributed by atoms with E-state index in [1.54, 1.807) is 0 Å². The van der Waals surface area contributed by atoms with Gasteiger partial charge in [0.15, 0.2) is 0 Å². The van der Waals surface area contributed by atoms with Crippen molar-refractivity contribution in [3.8, 4) is 0 Å². The van der Waals surface area contributed by atoms with Crippen LogP contribution in [0.4, 0.5) is 0 Å². The summed E-state index contributed by atoms with van der Waals surface area (Å²) in [5.41, 5.74) is 0. The molecule has 1 atom stereocenters. The zero-order valence-corrected chi connectivity index (χ0v) is 8.99. The van der Waals surface area contributed by atoms with Crippen LogP contribution in [0.15, 0.2) is 0 Å². The maximum atomic E-state index is 11.1. The predicted molar refractivity (Wildman–Crippen MR) is 54.8 cm³/mol. The number of aliphatic hydroxyl groups is 2. The molecule has 0 aromatic rings. The van der Waals surface area contributed by atoms with E-state index in [2.05, 4.69) is 5.32 Å². The van der Waals surface area contributed by atoms with E-state index in [0.29, 0.717) is 31.7 Å². The van der Waals surface area contributed by atoms with Crippen LogP contribution in [0, 0.1) is 5.92 Å². The van der Waals surface area contributed by atoms with Gasteiger partial charge in [-0.25, -0.2) is 0 Å². The lowest BCUT2D eigenvalue weighted by atomic mass is 10.1. The van der Waals surface area contributed by atoms with E-state index in [-0.39, 0.29) is 12.5 Å². The van der Waals surface area contributed by atoms with Crippen LogP contribution < -0.4 is 5.32 Å². The maximum absolute atomic E-state index is 11.1. The van der Waals surface area contributed by atoms with E-state index in [4.69, 9.17) is 5.11 Å². The number of hydrogen-bond donors (Lipinski definition) is 3. The first-order valence-electron chi connectivity index (χ1n) is 5.12. The summed E-state index contributed by atoms with van der Waals surface area (Å²) in [4.78, 5) is 11.1. The lowest BCUT2D eigenvalue weighted by Gasteiger charge is -2.13. The first-order chi connectivity index (χ1) is 6.56. The van der Waals surface area contributed by atoms with Gasteiger partial charge in [-0.15, -0.1) is 0 Å². The molecule has 0 radical (unpaired) electrons. The Labute approximate surface area is 85.3 Å². The fourth-order valence-electron chi connectivity index (χ4n) is 1.19. The molecule has 1 amide bonds. The Bertz CT molecular complexity index is 159. The lowest BCUT2D eigenvalue weighted by Crippen LogP contribution is -2.32. The molecule has 0 aliphatic carbocycles. The molecule has 0 aliphatic heterocycles. The van der Waals surface area contributed by atoms with Crippen LogP contribution in [0.3, 0.4) is 0 Å². The molecular weight excluding hydrogens is 182 g/mol. The zero-order chi connectivity index (χ0) is 11.0. The van der Waals surface area contributed by atoms with E-state index in [1.165, 1.54) is 0 Å². The van der Waals surface area contributed by atoms with Crippen molar-refractivity contribution in [1.29, 1.82) is 0 Å². The highest BCUT2D eigenvalue weighted by molar-refractivity contribution is 5.75. The molecule has 1 unspecified atom stereocenters. The van der Waals surface area contributed by atoms with Crippen molar-refractivity contribution in [2.75, 3.05) is 13.2 Å². The van der Waals surface area contributed by atoms with Crippen LogP contribution >= 0.6 is 0 Å². The molecule has 3 N–H and O–H groups in total. The van der Waals surface area contributed by atoms with Crippen molar-refractivity contribution in [2.24, 2.45) is 5.92 Å². The molecule has 4 nitrogen and oxygen atoms in total. The normalized spacial score (nSPS) is 12.9. The molecule has 0 aromatic carbocycles. The Hall–Kier alpha value is -0.610. The van der Waals surface area contributed by atoms with Gasteiger partial charge in [0.25, 0.3) is 0 Å². The number of carbonyl (C=O) groups excluding carboxylic acids is 1. The van der Waals surface area contributed by atoms with Gasteiger partial charge in [-0.05, 0) is 18.8 Å². The minimum atomic E-state index is -0.465. The van der Waals surface area contributed by atoms with Crippen molar-refractivity contribution < 1.29 is 15.0 Å². The highest BCUT2D eigenvalue weighted by Crippen LogP contribution is 2.03. The molecule has 0 aliphatic rings. The van der Waals surface area contributed by atoms with Crippen molar-refractivity contribution in [3.05, 3.63) is 0 Å². The van der Waals surface area contributed by atoms with Gasteiger partial charge in [0.05, 0.1) is 6.10 Å². The molecule has 84 valence electrons. The summed E-state index contributed by atoms with van der Waals surface area (Å²) in [6.45, 7) is 4.39. The number of aliphatic hydroxyl groups excluding tert-OH is 2. The third-order valence-corrected chi connectivity index (χ3v) is 1.84. The third kappa shape index (κ3) is 8.01. The smallest absolute Gasteiger partial charge is 0.220 e. The topological polar surface area (TPSA) is 69.6 Å². The van der Waals surface area contributed by atoms with E-state index >= 15 is 0 Å². The summed E-state index contributed by atoms with van der Waals surface area (Å²) in [6, 6.07) is 0. The largest absolute Gasteiger partial charge is 0.396 e. The summed E-state index contributed by atoms with van der Waals surface area (Å²) in [6.07, 6.45) is 1.03. The minimum Gasteiger partial charge on any atom is -0.396 e. The molecule has 0 heterocycles. The molecule has 4 heteroatoms. The summed E-state index contributed by atoms with van der Waals surface area (Å²) in [5, 5.41) is 20.5. The van der Waals surface area contributed by atoms with Gasteiger partial charge >= 0.3 is 0 Å². The van der Waals surface area contributed by atoms with Crippen LogP contribution in [0.2, 0.25) is 0 Å². The number of rotatable bonds is 7. The molecule has 0 bridgehead atoms. The van der Waals surface area contributed by atoms with Crippen LogP contribution in [0.25, 0.3) is 0 Å². The Kier molecular flexibility index (Phi) is 7.42. The van der Waals surface area contributed by atoms with Crippen LogP contribution in [0.1, 0.15) is 33.1 Å². The zero-order valence-electron chi connectivity index (χ0n) is 8.99. The second kappa shape index (κ2) is 7.76. The Morgan fingerprint density at radius 3 is 2.57 bits per heavy atom. The van der Waals surface area contributed by atoms with Crippen LogP contribution in [0.5, 0.6) is 0 Å². The molecule has 0 fully saturated rings. The number of nitrogens with one attached hydrogen (secondary N) is 1. The number of amides is 1. The van der Waals surface area contributed by atoms with Crippen molar-refractivity contribution in [1.82, 2.24) is 5.32 Å². The fourth-order valence-corrected chi connectivity index (χ4v) is 1.19. The first kappa shape index (κ1) is 13.4. The van der Waals surface area contributed by atoms with Crippen LogP contribution in [-0.4, -0.2) is 35.4 Å². The van der Waals surface area contributed by atoms with Gasteiger partial charge in [0.2, 0.25) is 5.91 Å². The average molecular weight is 203 g/mol. The highest BCUT2D eigenvalue weighted by atomic mass is 16.3. The predicted octanol–water partition coefficient (Wildman–Crippen LogP) is 0.282. The van der Waals surface area contributed by atoms with Gasteiger partial charge in [0.1, 0.15) is 0 Å².